The van der Waals surface area contributed by atoms with Gasteiger partial charge in [0.05, 0.1) is 18.7 Å². The molecule has 5 heteroatoms. The Morgan fingerprint density at radius 1 is 1.37 bits per heavy atom. The molecule has 1 aromatic heterocycles. The zero-order valence-electron chi connectivity index (χ0n) is 10.8. The van der Waals surface area contributed by atoms with Crippen LogP contribution in [0.5, 0.6) is 0 Å². The largest absolute Gasteiger partial charge is 0.465 e. The first-order valence-electron chi connectivity index (χ1n) is 6.26. The maximum atomic E-state index is 11.7. The van der Waals surface area contributed by atoms with E-state index in [4.69, 9.17) is 10.5 Å². The van der Waals surface area contributed by atoms with Crippen LogP contribution in [0.1, 0.15) is 18.9 Å². The van der Waals surface area contributed by atoms with Crippen LogP contribution >= 0.6 is 0 Å². The number of nitrogens with one attached hydrogen (secondary N) is 1. The Morgan fingerprint density at radius 2 is 2.11 bits per heavy atom. The molecule has 0 saturated carbocycles. The molecular formula is C14H17N3O2. The van der Waals surface area contributed by atoms with Gasteiger partial charge in [0.15, 0.2) is 0 Å². The lowest BCUT2D eigenvalue weighted by molar-refractivity contribution is -0.142. The second-order valence-corrected chi connectivity index (χ2v) is 4.23. The van der Waals surface area contributed by atoms with Gasteiger partial charge < -0.3 is 10.5 Å². The van der Waals surface area contributed by atoms with Crippen molar-refractivity contribution < 1.29 is 9.53 Å². The first-order valence-corrected chi connectivity index (χ1v) is 6.26. The van der Waals surface area contributed by atoms with Gasteiger partial charge in [-0.1, -0.05) is 37.3 Å². The number of carbonyl (C=O) groups is 1. The van der Waals surface area contributed by atoms with Crippen molar-refractivity contribution in [1.82, 2.24) is 10.2 Å². The molecule has 0 radical (unpaired) electrons. The van der Waals surface area contributed by atoms with E-state index in [9.17, 15) is 4.79 Å². The van der Waals surface area contributed by atoms with Crippen molar-refractivity contribution in [2.24, 2.45) is 0 Å². The number of nitrogens with two attached hydrogens (primary N) is 1. The number of rotatable bonds is 5. The second-order valence-electron chi connectivity index (χ2n) is 4.23. The maximum absolute atomic E-state index is 11.7. The molecule has 0 bridgehead atoms. The highest BCUT2D eigenvalue weighted by atomic mass is 16.5. The third-order valence-electron chi connectivity index (χ3n) is 2.75. The molecule has 1 aromatic carbocycles. The summed E-state index contributed by atoms with van der Waals surface area (Å²) in [4.78, 5) is 11.7. The monoisotopic (exact) mass is 259 g/mol. The van der Waals surface area contributed by atoms with Crippen molar-refractivity contribution in [3.05, 3.63) is 35.9 Å². The summed E-state index contributed by atoms with van der Waals surface area (Å²) in [5.74, 6) is 0.0550. The number of hydrogen-bond donors (Lipinski definition) is 2. The first kappa shape index (κ1) is 13.1. The quantitative estimate of drug-likeness (QED) is 0.806. The maximum Gasteiger partial charge on any atom is 0.310 e. The van der Waals surface area contributed by atoms with Crippen molar-refractivity contribution in [2.75, 3.05) is 12.3 Å². The highest BCUT2D eigenvalue weighted by Crippen LogP contribution is 2.25. The van der Waals surface area contributed by atoms with Gasteiger partial charge in [0.2, 0.25) is 0 Å². The number of carbonyl (C=O) groups excluding carboxylic acids is 1. The van der Waals surface area contributed by atoms with Gasteiger partial charge in [-0.05, 0) is 12.0 Å². The topological polar surface area (TPSA) is 81.0 Å². The third-order valence-corrected chi connectivity index (χ3v) is 2.75. The van der Waals surface area contributed by atoms with Crippen molar-refractivity contribution in [1.29, 1.82) is 0 Å². The van der Waals surface area contributed by atoms with Crippen molar-refractivity contribution >= 4 is 11.8 Å². The standard InChI is InChI=1S/C14H17N3O2/c1-2-8-19-12(18)9-11-13(16-17-14(11)15)10-6-4-3-5-7-10/h3-7H,2,8-9H2,1H3,(H3,15,16,17). The predicted molar refractivity (Wildman–Crippen MR) is 73.4 cm³/mol. The van der Waals surface area contributed by atoms with Crippen LogP contribution in [-0.2, 0) is 16.0 Å². The van der Waals surface area contributed by atoms with Crippen LogP contribution in [-0.4, -0.2) is 22.8 Å². The van der Waals surface area contributed by atoms with Gasteiger partial charge in [-0.15, -0.1) is 0 Å². The smallest absolute Gasteiger partial charge is 0.310 e. The molecule has 0 aliphatic rings. The number of anilines is 1. The normalized spacial score (nSPS) is 10.4. The van der Waals surface area contributed by atoms with Gasteiger partial charge in [0.25, 0.3) is 0 Å². The Bertz CT molecular complexity index is 549. The van der Waals surface area contributed by atoms with Crippen LogP contribution in [0.2, 0.25) is 0 Å². The average molecular weight is 259 g/mol. The summed E-state index contributed by atoms with van der Waals surface area (Å²) in [6.45, 7) is 2.38. The lowest BCUT2D eigenvalue weighted by Gasteiger charge is -2.05. The molecule has 0 fully saturated rings. The molecule has 0 atom stereocenters. The highest BCUT2D eigenvalue weighted by molar-refractivity contribution is 5.79. The molecule has 0 aliphatic carbocycles. The van der Waals surface area contributed by atoms with Crippen LogP contribution in [0, 0.1) is 0 Å². The van der Waals surface area contributed by atoms with Gasteiger partial charge in [0.1, 0.15) is 5.82 Å². The van der Waals surface area contributed by atoms with E-state index in [-0.39, 0.29) is 12.4 Å². The lowest BCUT2D eigenvalue weighted by atomic mass is 10.1. The molecule has 2 aromatic rings. The van der Waals surface area contributed by atoms with E-state index in [1.165, 1.54) is 0 Å². The summed E-state index contributed by atoms with van der Waals surface area (Å²) in [6.07, 6.45) is 0.935. The van der Waals surface area contributed by atoms with Crippen LogP contribution < -0.4 is 5.73 Å². The van der Waals surface area contributed by atoms with Crippen LogP contribution in [0.15, 0.2) is 30.3 Å². The zero-order chi connectivity index (χ0) is 13.7. The van der Waals surface area contributed by atoms with Gasteiger partial charge in [-0.25, -0.2) is 0 Å². The molecule has 0 aliphatic heterocycles. The Kier molecular flexibility index (Phi) is 4.18. The zero-order valence-corrected chi connectivity index (χ0v) is 10.8. The summed E-state index contributed by atoms with van der Waals surface area (Å²) in [5, 5.41) is 6.84. The molecular weight excluding hydrogens is 242 g/mol. The lowest BCUT2D eigenvalue weighted by Crippen LogP contribution is -2.10. The predicted octanol–water partition coefficient (Wildman–Crippen LogP) is 2.15. The Balaban J connectivity index is 2.21. The van der Waals surface area contributed by atoms with Gasteiger partial charge in [-0.3, -0.25) is 9.89 Å². The molecule has 0 amide bonds. The molecule has 0 saturated heterocycles. The summed E-state index contributed by atoms with van der Waals surface area (Å²) in [7, 11) is 0. The molecule has 0 unspecified atom stereocenters. The van der Waals surface area contributed by atoms with Gasteiger partial charge in [0, 0.05) is 5.56 Å². The van der Waals surface area contributed by atoms with Crippen LogP contribution in [0.4, 0.5) is 5.82 Å². The molecule has 19 heavy (non-hydrogen) atoms. The first-order chi connectivity index (χ1) is 9.22. The van der Waals surface area contributed by atoms with E-state index < -0.39 is 0 Å². The average Bonchev–Trinajstić information content (AvgIpc) is 2.79. The number of hydrogen-bond acceptors (Lipinski definition) is 4. The Labute approximate surface area is 111 Å². The van der Waals surface area contributed by atoms with Gasteiger partial charge in [-0.2, -0.15) is 5.10 Å². The molecule has 1 heterocycles. The minimum Gasteiger partial charge on any atom is -0.465 e. The summed E-state index contributed by atoms with van der Waals surface area (Å²) in [6, 6.07) is 9.65. The number of benzene rings is 1. The van der Waals surface area contributed by atoms with Crippen molar-refractivity contribution in [2.45, 2.75) is 19.8 Å². The van der Waals surface area contributed by atoms with Crippen molar-refractivity contribution in [3.8, 4) is 11.3 Å². The van der Waals surface area contributed by atoms with E-state index >= 15 is 0 Å². The SMILES string of the molecule is CCCOC(=O)Cc1c(N)n[nH]c1-c1ccccc1. The number of aromatic nitrogens is 2. The molecule has 5 nitrogen and oxygen atoms in total. The minimum absolute atomic E-state index is 0.132. The van der Waals surface area contributed by atoms with Crippen LogP contribution in [0.3, 0.4) is 0 Å². The van der Waals surface area contributed by atoms with E-state index in [0.717, 1.165) is 17.7 Å². The molecule has 3 N–H and O–H groups in total. The molecule has 2 rings (SSSR count). The van der Waals surface area contributed by atoms with E-state index in [2.05, 4.69) is 10.2 Å². The number of aromatic amines is 1. The fraction of sp³-hybridized carbons (Fsp3) is 0.286. The highest BCUT2D eigenvalue weighted by Gasteiger charge is 2.16. The second kappa shape index (κ2) is 6.04. The van der Waals surface area contributed by atoms with Gasteiger partial charge >= 0.3 is 5.97 Å². The third kappa shape index (κ3) is 3.13. The molecule has 100 valence electrons. The number of esters is 1. The Morgan fingerprint density at radius 3 is 2.79 bits per heavy atom. The van der Waals surface area contributed by atoms with Crippen molar-refractivity contribution in [3.63, 3.8) is 0 Å². The number of ether oxygens (including phenoxy) is 1. The molecule has 0 spiro atoms. The fourth-order valence-electron chi connectivity index (χ4n) is 1.81. The van der Waals surface area contributed by atoms with E-state index in [0.29, 0.717) is 18.0 Å². The fourth-order valence-corrected chi connectivity index (χ4v) is 1.81. The summed E-state index contributed by atoms with van der Waals surface area (Å²) >= 11 is 0. The minimum atomic E-state index is -0.285. The number of H-pyrrole nitrogens is 1. The number of nitrogen functional groups attached to an aromatic ring is 1. The number of nitrogens with zero attached hydrogens (tertiary/aromatic N) is 1. The Hall–Kier alpha value is -2.30. The van der Waals surface area contributed by atoms with E-state index in [1.807, 2.05) is 37.3 Å². The summed E-state index contributed by atoms with van der Waals surface area (Å²) < 4.78 is 5.07. The van der Waals surface area contributed by atoms with E-state index in [1.54, 1.807) is 0 Å². The summed E-state index contributed by atoms with van der Waals surface area (Å²) in [5.41, 5.74) is 8.21. The van der Waals surface area contributed by atoms with Crippen LogP contribution in [0.25, 0.3) is 11.3 Å².